The van der Waals surface area contributed by atoms with E-state index in [1.165, 1.54) is 11.3 Å². The molecule has 142 valence electrons. The normalized spacial score (nSPS) is 19.8. The van der Waals surface area contributed by atoms with E-state index in [9.17, 15) is 13.2 Å². The van der Waals surface area contributed by atoms with Crippen LogP contribution in [0.25, 0.3) is 10.2 Å². The molecule has 1 fully saturated rings. The van der Waals surface area contributed by atoms with E-state index in [0.29, 0.717) is 17.8 Å². The van der Waals surface area contributed by atoms with Crippen molar-refractivity contribution in [2.24, 2.45) is 5.92 Å². The lowest BCUT2D eigenvalue weighted by Crippen LogP contribution is -2.29. The number of thiophene rings is 1. The fourth-order valence-electron chi connectivity index (χ4n) is 3.24. The predicted molar refractivity (Wildman–Crippen MR) is 105 cm³/mol. The summed E-state index contributed by atoms with van der Waals surface area (Å²) < 4.78 is 23.1. The predicted octanol–water partition coefficient (Wildman–Crippen LogP) is 2.77. The Morgan fingerprint density at radius 3 is 2.54 bits per heavy atom. The largest absolute Gasteiger partial charge is 0.351 e. The molecule has 1 aliphatic heterocycles. The molecule has 26 heavy (non-hydrogen) atoms. The van der Waals surface area contributed by atoms with Crippen molar-refractivity contribution in [2.75, 3.05) is 18.1 Å². The van der Waals surface area contributed by atoms with Crippen LogP contribution in [0.2, 0.25) is 0 Å². The van der Waals surface area contributed by atoms with Crippen molar-refractivity contribution in [3.05, 3.63) is 22.0 Å². The van der Waals surface area contributed by atoms with Gasteiger partial charge in [0, 0.05) is 17.3 Å². The number of amides is 1. The molecule has 2 aromatic heterocycles. The number of carbonyl (C=O) groups excluding carboxylic acids is 1. The van der Waals surface area contributed by atoms with Gasteiger partial charge in [0.1, 0.15) is 10.7 Å². The maximum atomic E-state index is 12.6. The average Bonchev–Trinajstić information content (AvgIpc) is 3.04. The lowest BCUT2D eigenvalue weighted by molar-refractivity contribution is 0.0952. The topological polar surface area (TPSA) is 89.0 Å². The van der Waals surface area contributed by atoms with Gasteiger partial charge in [0.15, 0.2) is 9.84 Å². The van der Waals surface area contributed by atoms with Crippen LogP contribution in [0.1, 0.15) is 53.9 Å². The van der Waals surface area contributed by atoms with Gasteiger partial charge in [-0.05, 0) is 31.7 Å². The van der Waals surface area contributed by atoms with Crippen molar-refractivity contribution < 1.29 is 13.2 Å². The van der Waals surface area contributed by atoms with Crippen LogP contribution in [0.4, 0.5) is 0 Å². The Kier molecular flexibility index (Phi) is 4.85. The molecule has 3 heterocycles. The van der Waals surface area contributed by atoms with Gasteiger partial charge in [-0.3, -0.25) is 4.79 Å². The molecule has 2 aromatic rings. The van der Waals surface area contributed by atoms with Gasteiger partial charge in [-0.25, -0.2) is 18.4 Å². The minimum atomic E-state index is -2.93. The molecule has 0 spiro atoms. The number of aromatic nitrogens is 2. The van der Waals surface area contributed by atoms with Crippen molar-refractivity contribution in [1.82, 2.24) is 15.3 Å². The van der Waals surface area contributed by atoms with E-state index in [1.54, 1.807) is 0 Å². The first-order chi connectivity index (χ1) is 12.0. The van der Waals surface area contributed by atoms with Gasteiger partial charge in [-0.2, -0.15) is 0 Å². The van der Waals surface area contributed by atoms with Gasteiger partial charge in [0.2, 0.25) is 0 Å². The van der Waals surface area contributed by atoms with E-state index < -0.39 is 9.84 Å². The second kappa shape index (κ2) is 6.56. The molecule has 0 aliphatic carbocycles. The summed E-state index contributed by atoms with van der Waals surface area (Å²) in [4.78, 5) is 23.4. The van der Waals surface area contributed by atoms with Crippen LogP contribution >= 0.6 is 11.3 Å². The van der Waals surface area contributed by atoms with Crippen LogP contribution < -0.4 is 5.32 Å². The van der Waals surface area contributed by atoms with Crippen LogP contribution in [0.3, 0.4) is 0 Å². The summed E-state index contributed by atoms with van der Waals surface area (Å²) in [6.45, 7) is 10.5. The molecule has 1 aliphatic rings. The number of sulfone groups is 1. The SMILES string of the molecule is Cc1nc(C(C)(C)C)nc2sc(C(=O)NC[C@H]3CCS(=O)(=O)C3)c(C)c12. The van der Waals surface area contributed by atoms with Crippen molar-refractivity contribution in [3.63, 3.8) is 0 Å². The first kappa shape index (κ1) is 19.2. The second-order valence-electron chi connectivity index (χ2n) is 8.10. The summed E-state index contributed by atoms with van der Waals surface area (Å²) in [5.41, 5.74) is 1.61. The fourth-order valence-corrected chi connectivity index (χ4v) is 6.25. The molecular formula is C18H25N3O3S2. The van der Waals surface area contributed by atoms with E-state index in [0.717, 1.165) is 27.3 Å². The van der Waals surface area contributed by atoms with Crippen molar-refractivity contribution in [1.29, 1.82) is 0 Å². The minimum Gasteiger partial charge on any atom is -0.351 e. The molecule has 0 radical (unpaired) electrons. The monoisotopic (exact) mass is 395 g/mol. The Hall–Kier alpha value is -1.54. The van der Waals surface area contributed by atoms with Gasteiger partial charge in [-0.15, -0.1) is 11.3 Å². The minimum absolute atomic E-state index is 0.00709. The molecule has 1 saturated heterocycles. The second-order valence-corrected chi connectivity index (χ2v) is 11.3. The van der Waals surface area contributed by atoms with Gasteiger partial charge in [0.05, 0.1) is 22.1 Å². The molecule has 3 rings (SSSR count). The highest BCUT2D eigenvalue weighted by atomic mass is 32.2. The molecule has 1 amide bonds. The highest BCUT2D eigenvalue weighted by Crippen LogP contribution is 2.33. The Morgan fingerprint density at radius 1 is 1.27 bits per heavy atom. The third kappa shape index (κ3) is 3.76. The van der Waals surface area contributed by atoms with Crippen molar-refractivity contribution in [2.45, 2.75) is 46.5 Å². The summed E-state index contributed by atoms with van der Waals surface area (Å²) >= 11 is 1.38. The van der Waals surface area contributed by atoms with E-state index in [1.807, 2.05) is 13.8 Å². The Bertz CT molecular complexity index is 972. The third-order valence-corrected chi connectivity index (χ3v) is 7.75. The number of rotatable bonds is 3. The molecule has 6 nitrogen and oxygen atoms in total. The summed E-state index contributed by atoms with van der Waals surface area (Å²) in [6, 6.07) is 0. The smallest absolute Gasteiger partial charge is 0.261 e. The molecule has 0 bridgehead atoms. The molecule has 0 aromatic carbocycles. The van der Waals surface area contributed by atoms with E-state index in [4.69, 9.17) is 0 Å². The van der Waals surface area contributed by atoms with Crippen LogP contribution in [-0.2, 0) is 15.3 Å². The van der Waals surface area contributed by atoms with Gasteiger partial charge >= 0.3 is 0 Å². The van der Waals surface area contributed by atoms with Crippen LogP contribution in [0.5, 0.6) is 0 Å². The lowest BCUT2D eigenvalue weighted by atomic mass is 9.95. The van der Waals surface area contributed by atoms with E-state index in [-0.39, 0.29) is 28.7 Å². The Balaban J connectivity index is 1.85. The number of carbonyl (C=O) groups is 1. The number of nitrogens with one attached hydrogen (secondary N) is 1. The quantitative estimate of drug-likeness (QED) is 0.863. The molecular weight excluding hydrogens is 370 g/mol. The molecule has 8 heteroatoms. The standard InChI is InChI=1S/C18H25N3O3S2/c1-10-13-11(2)20-17(18(3,4)5)21-16(13)25-14(10)15(22)19-8-12-6-7-26(23,24)9-12/h12H,6-9H2,1-5H3,(H,19,22)/t12-/m1/s1. The van der Waals surface area contributed by atoms with E-state index in [2.05, 4.69) is 36.1 Å². The number of hydrogen-bond acceptors (Lipinski definition) is 6. The third-order valence-electron chi connectivity index (χ3n) is 4.73. The summed E-state index contributed by atoms with van der Waals surface area (Å²) in [5, 5.41) is 3.84. The number of fused-ring (bicyclic) bond motifs is 1. The molecule has 0 saturated carbocycles. The zero-order valence-electron chi connectivity index (χ0n) is 15.8. The molecule has 1 N–H and O–H groups in total. The van der Waals surface area contributed by atoms with E-state index >= 15 is 0 Å². The number of hydrogen-bond donors (Lipinski definition) is 1. The van der Waals surface area contributed by atoms with Crippen molar-refractivity contribution >= 4 is 37.3 Å². The summed E-state index contributed by atoms with van der Waals surface area (Å²) in [5.74, 6) is 1.00. The highest BCUT2D eigenvalue weighted by Gasteiger charge is 2.29. The van der Waals surface area contributed by atoms with Gasteiger partial charge < -0.3 is 5.32 Å². The zero-order valence-corrected chi connectivity index (χ0v) is 17.5. The average molecular weight is 396 g/mol. The van der Waals surface area contributed by atoms with Crippen LogP contribution in [0.15, 0.2) is 0 Å². The van der Waals surface area contributed by atoms with Crippen molar-refractivity contribution in [3.8, 4) is 0 Å². The maximum Gasteiger partial charge on any atom is 0.261 e. The maximum absolute atomic E-state index is 12.6. The first-order valence-electron chi connectivity index (χ1n) is 8.75. The van der Waals surface area contributed by atoms with Gasteiger partial charge in [-0.1, -0.05) is 20.8 Å². The Morgan fingerprint density at radius 2 is 1.96 bits per heavy atom. The molecule has 0 unspecified atom stereocenters. The highest BCUT2D eigenvalue weighted by molar-refractivity contribution is 7.91. The van der Waals surface area contributed by atoms with Gasteiger partial charge in [0.25, 0.3) is 5.91 Å². The number of nitrogens with zero attached hydrogens (tertiary/aromatic N) is 2. The lowest BCUT2D eigenvalue weighted by Gasteiger charge is -2.16. The Labute approximate surface area is 158 Å². The zero-order chi connectivity index (χ0) is 19.3. The van der Waals surface area contributed by atoms with Crippen LogP contribution in [0, 0.1) is 19.8 Å². The summed E-state index contributed by atoms with van der Waals surface area (Å²) in [7, 11) is -2.93. The first-order valence-corrected chi connectivity index (χ1v) is 11.4. The molecule has 1 atom stereocenters. The van der Waals surface area contributed by atoms with Crippen LogP contribution in [-0.4, -0.2) is 42.3 Å². The fraction of sp³-hybridized carbons (Fsp3) is 0.611. The number of aryl methyl sites for hydroxylation is 2. The summed E-state index contributed by atoms with van der Waals surface area (Å²) in [6.07, 6.45) is 0.619.